The van der Waals surface area contributed by atoms with Crippen molar-refractivity contribution in [1.82, 2.24) is 9.97 Å². The summed E-state index contributed by atoms with van der Waals surface area (Å²) in [5.74, 6) is 1.15. The number of ether oxygens (including phenoxy) is 1. The molecule has 29 heavy (non-hydrogen) atoms. The van der Waals surface area contributed by atoms with Gasteiger partial charge < -0.3 is 15.0 Å². The van der Waals surface area contributed by atoms with E-state index in [1.807, 2.05) is 61.5 Å². The van der Waals surface area contributed by atoms with Crippen molar-refractivity contribution in [2.45, 2.75) is 26.4 Å². The predicted molar refractivity (Wildman–Crippen MR) is 113 cm³/mol. The number of anilines is 2. The van der Waals surface area contributed by atoms with Gasteiger partial charge in [-0.05, 0) is 55.7 Å². The van der Waals surface area contributed by atoms with Crippen LogP contribution >= 0.6 is 0 Å². The molecular formula is C23H24N4O2. The highest BCUT2D eigenvalue weighted by atomic mass is 16.5. The van der Waals surface area contributed by atoms with Crippen LogP contribution in [0.1, 0.15) is 34.6 Å². The van der Waals surface area contributed by atoms with Crippen LogP contribution < -0.4 is 15.0 Å². The Hall–Kier alpha value is -3.41. The van der Waals surface area contributed by atoms with E-state index >= 15 is 0 Å². The van der Waals surface area contributed by atoms with Crippen LogP contribution in [0.15, 0.2) is 60.7 Å². The lowest BCUT2D eigenvalue weighted by molar-refractivity contribution is 0.102. The van der Waals surface area contributed by atoms with Crippen molar-refractivity contribution >= 4 is 17.5 Å². The lowest BCUT2D eigenvalue weighted by Gasteiger charge is -2.16. The lowest BCUT2D eigenvalue weighted by atomic mass is 10.2. The number of hydrogen-bond donors (Lipinski definition) is 1. The number of amides is 1. The standard InChI is InChI=1S/C23H24N4O2/c1-17-15-21(26-23(24-17)27-13-5-6-14-27)22(28)25-19-9-11-20(12-10-19)29-16-18-7-3-2-4-8-18/h2-4,7-12,15H,5-6,13-14,16H2,1H3,(H,25,28). The molecule has 2 heterocycles. The third kappa shape index (κ3) is 4.90. The van der Waals surface area contributed by atoms with Crippen molar-refractivity contribution in [2.75, 3.05) is 23.3 Å². The Labute approximate surface area is 170 Å². The first kappa shape index (κ1) is 18.9. The van der Waals surface area contributed by atoms with E-state index in [0.717, 1.165) is 42.9 Å². The van der Waals surface area contributed by atoms with E-state index in [4.69, 9.17) is 4.74 Å². The highest BCUT2D eigenvalue weighted by molar-refractivity contribution is 6.03. The molecular weight excluding hydrogens is 364 g/mol. The third-order valence-electron chi connectivity index (χ3n) is 4.82. The molecule has 1 saturated heterocycles. The van der Waals surface area contributed by atoms with Crippen LogP contribution in [0.5, 0.6) is 5.75 Å². The molecule has 4 rings (SSSR count). The van der Waals surface area contributed by atoms with E-state index in [-0.39, 0.29) is 5.91 Å². The fraction of sp³-hybridized carbons (Fsp3) is 0.261. The van der Waals surface area contributed by atoms with E-state index in [0.29, 0.717) is 23.9 Å². The van der Waals surface area contributed by atoms with Gasteiger partial charge in [0, 0.05) is 24.5 Å². The molecule has 1 aromatic heterocycles. The third-order valence-corrected chi connectivity index (χ3v) is 4.82. The highest BCUT2D eigenvalue weighted by Gasteiger charge is 2.18. The molecule has 0 radical (unpaired) electrons. The summed E-state index contributed by atoms with van der Waals surface area (Å²) in [4.78, 5) is 23.8. The molecule has 1 aliphatic rings. The van der Waals surface area contributed by atoms with Gasteiger partial charge in [0.2, 0.25) is 5.95 Å². The highest BCUT2D eigenvalue weighted by Crippen LogP contribution is 2.19. The molecule has 0 atom stereocenters. The average molecular weight is 388 g/mol. The monoisotopic (exact) mass is 388 g/mol. The molecule has 1 amide bonds. The normalized spacial score (nSPS) is 13.3. The SMILES string of the molecule is Cc1cc(C(=O)Nc2ccc(OCc3ccccc3)cc2)nc(N2CCCC2)n1. The van der Waals surface area contributed by atoms with Crippen molar-refractivity contribution in [3.8, 4) is 5.75 Å². The first-order chi connectivity index (χ1) is 14.2. The lowest BCUT2D eigenvalue weighted by Crippen LogP contribution is -2.23. The number of benzene rings is 2. The van der Waals surface area contributed by atoms with Crippen LogP contribution in [0.3, 0.4) is 0 Å². The van der Waals surface area contributed by atoms with Gasteiger partial charge in [-0.1, -0.05) is 30.3 Å². The average Bonchev–Trinajstić information content (AvgIpc) is 3.29. The molecule has 1 aliphatic heterocycles. The zero-order chi connectivity index (χ0) is 20.1. The second kappa shape index (κ2) is 8.73. The summed E-state index contributed by atoms with van der Waals surface area (Å²) < 4.78 is 5.79. The maximum Gasteiger partial charge on any atom is 0.274 e. The van der Waals surface area contributed by atoms with E-state index < -0.39 is 0 Å². The fourth-order valence-corrected chi connectivity index (χ4v) is 3.30. The number of rotatable bonds is 6. The predicted octanol–water partition coefficient (Wildman–Crippen LogP) is 4.22. The minimum atomic E-state index is -0.242. The van der Waals surface area contributed by atoms with Gasteiger partial charge in [0.1, 0.15) is 18.1 Å². The Kier molecular flexibility index (Phi) is 5.70. The number of aromatic nitrogens is 2. The second-order valence-electron chi connectivity index (χ2n) is 7.14. The summed E-state index contributed by atoms with van der Waals surface area (Å²) in [5.41, 5.74) is 2.97. The van der Waals surface area contributed by atoms with Crippen molar-refractivity contribution in [1.29, 1.82) is 0 Å². The molecule has 0 bridgehead atoms. The van der Waals surface area contributed by atoms with Crippen LogP contribution in [0.4, 0.5) is 11.6 Å². The summed E-state index contributed by atoms with van der Waals surface area (Å²) in [6.45, 7) is 4.27. The first-order valence-electron chi connectivity index (χ1n) is 9.86. The Morgan fingerprint density at radius 3 is 2.48 bits per heavy atom. The van der Waals surface area contributed by atoms with Crippen molar-refractivity contribution in [2.24, 2.45) is 0 Å². The van der Waals surface area contributed by atoms with E-state index in [9.17, 15) is 4.79 Å². The Morgan fingerprint density at radius 2 is 1.76 bits per heavy atom. The van der Waals surface area contributed by atoms with Crippen LogP contribution in [-0.4, -0.2) is 29.0 Å². The molecule has 3 aromatic rings. The summed E-state index contributed by atoms with van der Waals surface area (Å²) >= 11 is 0. The maximum absolute atomic E-state index is 12.7. The van der Waals surface area contributed by atoms with Crippen molar-refractivity contribution < 1.29 is 9.53 Å². The number of nitrogens with one attached hydrogen (secondary N) is 1. The molecule has 0 spiro atoms. The van der Waals surface area contributed by atoms with Gasteiger partial charge in [0.25, 0.3) is 5.91 Å². The van der Waals surface area contributed by atoms with Crippen LogP contribution in [-0.2, 0) is 6.61 Å². The van der Waals surface area contributed by atoms with Gasteiger partial charge in [0.15, 0.2) is 0 Å². The van der Waals surface area contributed by atoms with Gasteiger partial charge >= 0.3 is 0 Å². The zero-order valence-corrected chi connectivity index (χ0v) is 16.5. The number of carbonyl (C=O) groups is 1. The Morgan fingerprint density at radius 1 is 1.03 bits per heavy atom. The molecule has 0 saturated carbocycles. The summed E-state index contributed by atoms with van der Waals surface area (Å²) in [6.07, 6.45) is 2.27. The van der Waals surface area contributed by atoms with Crippen LogP contribution in [0.25, 0.3) is 0 Å². The van der Waals surface area contributed by atoms with Gasteiger partial charge in [-0.2, -0.15) is 0 Å². The molecule has 2 aromatic carbocycles. The topological polar surface area (TPSA) is 67.3 Å². The van der Waals surface area contributed by atoms with Crippen molar-refractivity contribution in [3.05, 3.63) is 77.6 Å². The summed E-state index contributed by atoms with van der Waals surface area (Å²) in [5, 5.41) is 2.90. The fourth-order valence-electron chi connectivity index (χ4n) is 3.30. The van der Waals surface area contributed by atoms with Crippen molar-refractivity contribution in [3.63, 3.8) is 0 Å². The number of nitrogens with zero attached hydrogens (tertiary/aromatic N) is 3. The van der Waals surface area contributed by atoms with Gasteiger partial charge in [0.05, 0.1) is 0 Å². The van der Waals surface area contributed by atoms with Gasteiger partial charge in [-0.25, -0.2) is 9.97 Å². The van der Waals surface area contributed by atoms with E-state index in [2.05, 4.69) is 20.2 Å². The zero-order valence-electron chi connectivity index (χ0n) is 16.5. The second-order valence-corrected chi connectivity index (χ2v) is 7.14. The Bertz CT molecular complexity index is 968. The minimum Gasteiger partial charge on any atom is -0.489 e. The quantitative estimate of drug-likeness (QED) is 0.685. The summed E-state index contributed by atoms with van der Waals surface area (Å²) in [7, 11) is 0. The number of aryl methyl sites for hydroxylation is 1. The Balaban J connectivity index is 1.39. The molecule has 148 valence electrons. The smallest absolute Gasteiger partial charge is 0.274 e. The van der Waals surface area contributed by atoms with E-state index in [1.54, 1.807) is 6.07 Å². The summed E-state index contributed by atoms with van der Waals surface area (Å²) in [6, 6.07) is 19.1. The van der Waals surface area contributed by atoms with E-state index in [1.165, 1.54) is 0 Å². The minimum absolute atomic E-state index is 0.242. The van der Waals surface area contributed by atoms with Gasteiger partial charge in [-0.15, -0.1) is 0 Å². The van der Waals surface area contributed by atoms with Crippen LogP contribution in [0.2, 0.25) is 0 Å². The maximum atomic E-state index is 12.7. The molecule has 1 fully saturated rings. The largest absolute Gasteiger partial charge is 0.489 e. The molecule has 0 unspecified atom stereocenters. The van der Waals surface area contributed by atoms with Gasteiger partial charge in [-0.3, -0.25) is 4.79 Å². The number of carbonyl (C=O) groups excluding carboxylic acids is 1. The molecule has 0 aliphatic carbocycles. The van der Waals surface area contributed by atoms with Crippen LogP contribution in [0, 0.1) is 6.92 Å². The first-order valence-corrected chi connectivity index (χ1v) is 9.86. The molecule has 1 N–H and O–H groups in total. The molecule has 6 heteroatoms. The molecule has 6 nitrogen and oxygen atoms in total. The number of hydrogen-bond acceptors (Lipinski definition) is 5.